The lowest BCUT2D eigenvalue weighted by Gasteiger charge is -2.21. The molecule has 0 saturated carbocycles. The van der Waals surface area contributed by atoms with Crippen LogP contribution in [0.4, 0.5) is 0 Å². The van der Waals surface area contributed by atoms with E-state index < -0.39 is 24.8 Å². The van der Waals surface area contributed by atoms with Crippen molar-refractivity contribution in [3.63, 3.8) is 0 Å². The first-order valence-corrected chi connectivity index (χ1v) is 5.21. The van der Waals surface area contributed by atoms with Crippen molar-refractivity contribution in [3.05, 3.63) is 35.4 Å². The maximum Gasteiger partial charge on any atom is 0.338 e. The summed E-state index contributed by atoms with van der Waals surface area (Å²) in [6.45, 7) is -0.406. The topological polar surface area (TPSA) is 93.1 Å². The molecule has 0 fully saturated rings. The third-order valence-electron chi connectivity index (χ3n) is 2.50. The summed E-state index contributed by atoms with van der Waals surface area (Å²) in [7, 11) is 1.23. The zero-order valence-electron chi connectivity index (χ0n) is 9.78. The molecule has 2 unspecified atom stereocenters. The Morgan fingerprint density at radius 2 is 2.11 bits per heavy atom. The standard InChI is InChI=1S/C12H14O6/c1-17-11(15)9-5-3-2-4-8(9)10(6-13)12(16)18-7-14/h2-5,7,10,12-13,16H,6H2,1H3. The molecule has 18 heavy (non-hydrogen) atoms. The van der Waals surface area contributed by atoms with Crippen molar-refractivity contribution in [2.75, 3.05) is 13.7 Å². The van der Waals surface area contributed by atoms with Gasteiger partial charge in [-0.3, -0.25) is 4.79 Å². The highest BCUT2D eigenvalue weighted by molar-refractivity contribution is 5.91. The average Bonchev–Trinajstić information content (AvgIpc) is 2.39. The number of aliphatic hydroxyl groups excluding tert-OH is 2. The predicted octanol–water partition coefficient (Wildman–Crippen LogP) is 0.0405. The average molecular weight is 254 g/mol. The van der Waals surface area contributed by atoms with Crippen molar-refractivity contribution >= 4 is 12.4 Å². The lowest BCUT2D eigenvalue weighted by atomic mass is 9.94. The van der Waals surface area contributed by atoms with Crippen LogP contribution >= 0.6 is 0 Å². The van der Waals surface area contributed by atoms with Crippen LogP contribution in [0.25, 0.3) is 0 Å². The third kappa shape index (κ3) is 3.06. The zero-order chi connectivity index (χ0) is 13.5. The molecule has 0 aliphatic carbocycles. The lowest BCUT2D eigenvalue weighted by molar-refractivity contribution is -0.157. The van der Waals surface area contributed by atoms with E-state index >= 15 is 0 Å². The molecule has 6 heteroatoms. The fraction of sp³-hybridized carbons (Fsp3) is 0.333. The molecule has 0 radical (unpaired) electrons. The summed E-state index contributed by atoms with van der Waals surface area (Å²) in [4.78, 5) is 21.7. The molecule has 0 amide bonds. The fourth-order valence-corrected chi connectivity index (χ4v) is 1.61. The molecule has 2 atom stereocenters. The van der Waals surface area contributed by atoms with Crippen LogP contribution in [0.3, 0.4) is 0 Å². The van der Waals surface area contributed by atoms with E-state index in [1.54, 1.807) is 18.2 Å². The Morgan fingerprint density at radius 1 is 1.44 bits per heavy atom. The number of aliphatic hydroxyl groups is 2. The van der Waals surface area contributed by atoms with Crippen LogP contribution in [0.5, 0.6) is 0 Å². The summed E-state index contributed by atoms with van der Waals surface area (Å²) in [5.74, 6) is -1.51. The number of hydrogen-bond acceptors (Lipinski definition) is 6. The van der Waals surface area contributed by atoms with Gasteiger partial charge < -0.3 is 19.7 Å². The van der Waals surface area contributed by atoms with Gasteiger partial charge in [0.1, 0.15) is 0 Å². The van der Waals surface area contributed by atoms with E-state index in [-0.39, 0.29) is 12.0 Å². The largest absolute Gasteiger partial charge is 0.465 e. The van der Waals surface area contributed by atoms with Crippen LogP contribution in [-0.4, -0.2) is 42.7 Å². The Hall–Kier alpha value is -1.92. The molecule has 0 aromatic heterocycles. The lowest BCUT2D eigenvalue weighted by Crippen LogP contribution is -2.26. The van der Waals surface area contributed by atoms with Crippen molar-refractivity contribution in [2.45, 2.75) is 12.2 Å². The monoisotopic (exact) mass is 254 g/mol. The van der Waals surface area contributed by atoms with Crippen molar-refractivity contribution in [3.8, 4) is 0 Å². The Morgan fingerprint density at radius 3 is 2.67 bits per heavy atom. The van der Waals surface area contributed by atoms with Crippen LogP contribution in [0, 0.1) is 0 Å². The van der Waals surface area contributed by atoms with Crippen molar-refractivity contribution in [1.82, 2.24) is 0 Å². The number of rotatable bonds is 6. The van der Waals surface area contributed by atoms with E-state index in [4.69, 9.17) is 0 Å². The molecule has 0 spiro atoms. The van der Waals surface area contributed by atoms with E-state index in [1.165, 1.54) is 13.2 Å². The summed E-state index contributed by atoms with van der Waals surface area (Å²) < 4.78 is 8.98. The molecule has 0 aliphatic heterocycles. The van der Waals surface area contributed by atoms with Gasteiger partial charge in [-0.25, -0.2) is 4.79 Å². The van der Waals surface area contributed by atoms with Crippen LogP contribution in [0.2, 0.25) is 0 Å². The predicted molar refractivity (Wildman–Crippen MR) is 60.8 cm³/mol. The van der Waals surface area contributed by atoms with E-state index in [0.717, 1.165) is 0 Å². The SMILES string of the molecule is COC(=O)c1ccccc1C(CO)C(O)OC=O. The molecule has 2 N–H and O–H groups in total. The maximum atomic E-state index is 11.5. The summed E-state index contributed by atoms with van der Waals surface area (Å²) >= 11 is 0. The highest BCUT2D eigenvalue weighted by Gasteiger charge is 2.26. The van der Waals surface area contributed by atoms with Gasteiger partial charge in [0, 0.05) is 0 Å². The molecular weight excluding hydrogens is 240 g/mol. The Labute approximate surface area is 104 Å². The minimum Gasteiger partial charge on any atom is -0.465 e. The van der Waals surface area contributed by atoms with Gasteiger partial charge in [-0.05, 0) is 11.6 Å². The number of carbonyl (C=O) groups is 2. The highest BCUT2D eigenvalue weighted by atomic mass is 16.6. The molecule has 0 bridgehead atoms. The number of carbonyl (C=O) groups excluding carboxylic acids is 2. The number of ether oxygens (including phenoxy) is 2. The summed E-state index contributed by atoms with van der Waals surface area (Å²) in [5.41, 5.74) is 0.550. The highest BCUT2D eigenvalue weighted by Crippen LogP contribution is 2.24. The smallest absolute Gasteiger partial charge is 0.338 e. The van der Waals surface area contributed by atoms with Gasteiger partial charge in [0.25, 0.3) is 6.47 Å². The fourth-order valence-electron chi connectivity index (χ4n) is 1.61. The molecule has 0 saturated heterocycles. The van der Waals surface area contributed by atoms with Crippen molar-refractivity contribution < 1.29 is 29.3 Å². The van der Waals surface area contributed by atoms with Crippen LogP contribution in [-0.2, 0) is 14.3 Å². The first-order valence-electron chi connectivity index (χ1n) is 5.21. The van der Waals surface area contributed by atoms with E-state index in [9.17, 15) is 19.8 Å². The van der Waals surface area contributed by atoms with E-state index in [1.807, 2.05) is 0 Å². The number of esters is 1. The van der Waals surface area contributed by atoms with Gasteiger partial charge >= 0.3 is 5.97 Å². The number of methoxy groups -OCH3 is 1. The first-order chi connectivity index (χ1) is 8.65. The van der Waals surface area contributed by atoms with Crippen LogP contribution in [0.1, 0.15) is 21.8 Å². The van der Waals surface area contributed by atoms with Crippen LogP contribution in [0.15, 0.2) is 24.3 Å². The molecule has 6 nitrogen and oxygen atoms in total. The van der Waals surface area contributed by atoms with E-state index in [0.29, 0.717) is 5.56 Å². The second-order valence-corrected chi connectivity index (χ2v) is 3.49. The van der Waals surface area contributed by atoms with Gasteiger partial charge in [0.05, 0.1) is 25.2 Å². The van der Waals surface area contributed by atoms with Crippen molar-refractivity contribution in [1.29, 1.82) is 0 Å². The Kier molecular flexibility index (Phi) is 5.29. The summed E-state index contributed by atoms with van der Waals surface area (Å²) in [6.07, 6.45) is -1.53. The minimum absolute atomic E-state index is 0.0775. The first kappa shape index (κ1) is 14.1. The molecule has 1 aromatic rings. The summed E-state index contributed by atoms with van der Waals surface area (Å²) in [5, 5.41) is 18.8. The zero-order valence-corrected chi connectivity index (χ0v) is 9.78. The molecule has 1 rings (SSSR count). The second-order valence-electron chi connectivity index (χ2n) is 3.49. The van der Waals surface area contributed by atoms with Gasteiger partial charge in [-0.1, -0.05) is 18.2 Å². The minimum atomic E-state index is -1.53. The van der Waals surface area contributed by atoms with Gasteiger partial charge in [-0.15, -0.1) is 0 Å². The van der Waals surface area contributed by atoms with Crippen molar-refractivity contribution in [2.24, 2.45) is 0 Å². The number of hydrogen-bond donors (Lipinski definition) is 2. The second kappa shape index (κ2) is 6.73. The van der Waals surface area contributed by atoms with Gasteiger partial charge in [0.15, 0.2) is 0 Å². The van der Waals surface area contributed by atoms with Gasteiger partial charge in [-0.2, -0.15) is 0 Å². The quantitative estimate of drug-likeness (QED) is 0.423. The molecule has 0 heterocycles. The Bertz CT molecular complexity index is 417. The summed E-state index contributed by atoms with van der Waals surface area (Å²) in [6, 6.07) is 6.30. The molecule has 98 valence electrons. The molecule has 1 aromatic carbocycles. The van der Waals surface area contributed by atoms with Gasteiger partial charge in [0.2, 0.25) is 6.29 Å². The molecule has 0 aliphatic rings. The normalized spacial score (nSPS) is 13.5. The van der Waals surface area contributed by atoms with E-state index in [2.05, 4.69) is 9.47 Å². The third-order valence-corrected chi connectivity index (χ3v) is 2.50. The van der Waals surface area contributed by atoms with Crippen LogP contribution < -0.4 is 0 Å². The number of benzene rings is 1. The maximum absolute atomic E-state index is 11.5. The molecular formula is C12H14O6. The Balaban J connectivity index is 3.12.